The Labute approximate surface area is 127 Å². The third kappa shape index (κ3) is 2.95. The lowest BCUT2D eigenvalue weighted by Gasteiger charge is -2.16. The van der Waals surface area contributed by atoms with Crippen LogP contribution < -0.4 is 9.47 Å². The second kappa shape index (κ2) is 6.33. The summed E-state index contributed by atoms with van der Waals surface area (Å²) in [4.78, 5) is 30.0. The second-order valence-corrected chi connectivity index (χ2v) is 4.74. The molecule has 3 rings (SSSR count). The van der Waals surface area contributed by atoms with Gasteiger partial charge in [-0.15, -0.1) is 0 Å². The van der Waals surface area contributed by atoms with E-state index < -0.39 is 0 Å². The summed E-state index contributed by atoms with van der Waals surface area (Å²) >= 11 is 0. The lowest BCUT2D eigenvalue weighted by molar-refractivity contribution is 0.0764. The number of nitrogens with zero attached hydrogens (tertiary/aromatic N) is 5. The molecule has 1 aliphatic heterocycles. The molecule has 0 spiro atoms. The number of hydrogen-bond donors (Lipinski definition) is 0. The lowest BCUT2D eigenvalue weighted by Crippen LogP contribution is -2.31. The van der Waals surface area contributed by atoms with E-state index in [2.05, 4.69) is 19.9 Å². The van der Waals surface area contributed by atoms with E-state index in [0.717, 1.165) is 0 Å². The Morgan fingerprint density at radius 2 is 1.95 bits per heavy atom. The van der Waals surface area contributed by atoms with Crippen molar-refractivity contribution in [3.63, 3.8) is 0 Å². The topological polar surface area (TPSA) is 90.3 Å². The number of likely N-dealkylation sites (tertiary alicyclic amines) is 1. The number of aromatic nitrogens is 4. The minimum atomic E-state index is -0.148. The molecule has 3 heterocycles. The third-order valence-corrected chi connectivity index (χ3v) is 3.32. The highest BCUT2D eigenvalue weighted by Crippen LogP contribution is 2.24. The average Bonchev–Trinajstić information content (AvgIpc) is 3.04. The quantitative estimate of drug-likeness (QED) is 0.815. The van der Waals surface area contributed by atoms with Gasteiger partial charge in [-0.1, -0.05) is 0 Å². The molecule has 0 aromatic carbocycles. The molecule has 1 atom stereocenters. The van der Waals surface area contributed by atoms with Gasteiger partial charge in [-0.2, -0.15) is 0 Å². The number of methoxy groups -OCH3 is 1. The molecule has 0 bridgehead atoms. The maximum absolute atomic E-state index is 12.3. The van der Waals surface area contributed by atoms with Gasteiger partial charge >= 0.3 is 0 Å². The van der Waals surface area contributed by atoms with Crippen LogP contribution in [0.5, 0.6) is 11.8 Å². The monoisotopic (exact) mass is 301 g/mol. The van der Waals surface area contributed by atoms with Crippen LogP contribution in [0.15, 0.2) is 31.0 Å². The molecule has 2 aromatic heterocycles. The number of hydrogen-bond acceptors (Lipinski definition) is 7. The number of ether oxygens (including phenoxy) is 2. The predicted molar refractivity (Wildman–Crippen MR) is 75.6 cm³/mol. The summed E-state index contributed by atoms with van der Waals surface area (Å²) in [7, 11) is 1.51. The van der Waals surface area contributed by atoms with Crippen LogP contribution in [0, 0.1) is 0 Å². The fraction of sp³-hybridized carbons (Fsp3) is 0.357. The van der Waals surface area contributed by atoms with Crippen molar-refractivity contribution < 1.29 is 14.3 Å². The molecule has 1 aliphatic rings. The Bertz CT molecular complexity index is 652. The number of carbonyl (C=O) groups is 1. The van der Waals surface area contributed by atoms with Gasteiger partial charge in [-0.05, 0) is 0 Å². The Morgan fingerprint density at radius 3 is 2.68 bits per heavy atom. The van der Waals surface area contributed by atoms with Crippen LogP contribution in [0.1, 0.15) is 16.9 Å². The Balaban J connectivity index is 1.64. The van der Waals surface area contributed by atoms with E-state index in [4.69, 9.17) is 9.47 Å². The van der Waals surface area contributed by atoms with Crippen LogP contribution in [0.2, 0.25) is 0 Å². The Hall–Kier alpha value is -2.77. The van der Waals surface area contributed by atoms with Crippen LogP contribution in [-0.4, -0.2) is 57.0 Å². The van der Waals surface area contributed by atoms with Crippen molar-refractivity contribution in [3.05, 3.63) is 36.7 Å². The zero-order valence-corrected chi connectivity index (χ0v) is 12.0. The van der Waals surface area contributed by atoms with Gasteiger partial charge < -0.3 is 14.4 Å². The molecule has 1 fully saturated rings. The first-order valence-electron chi connectivity index (χ1n) is 6.85. The smallest absolute Gasteiger partial charge is 0.278 e. The fourth-order valence-electron chi connectivity index (χ4n) is 2.27. The van der Waals surface area contributed by atoms with E-state index in [1.807, 2.05) is 0 Å². The van der Waals surface area contributed by atoms with E-state index in [0.29, 0.717) is 37.0 Å². The zero-order valence-electron chi connectivity index (χ0n) is 12.0. The minimum absolute atomic E-state index is 0.147. The zero-order chi connectivity index (χ0) is 15.4. The van der Waals surface area contributed by atoms with Crippen LogP contribution in [0.25, 0.3) is 0 Å². The van der Waals surface area contributed by atoms with Crippen molar-refractivity contribution >= 4 is 5.91 Å². The van der Waals surface area contributed by atoms with Crippen LogP contribution in [0.4, 0.5) is 0 Å². The molecule has 0 saturated carbocycles. The molecular weight excluding hydrogens is 286 g/mol. The predicted octanol–water partition coefficient (Wildman–Crippen LogP) is 0.569. The van der Waals surface area contributed by atoms with E-state index >= 15 is 0 Å². The second-order valence-electron chi connectivity index (χ2n) is 4.74. The highest BCUT2D eigenvalue weighted by molar-refractivity contribution is 5.92. The first-order valence-corrected chi connectivity index (χ1v) is 6.85. The number of carbonyl (C=O) groups excluding carboxylic acids is 1. The van der Waals surface area contributed by atoms with Gasteiger partial charge in [-0.25, -0.2) is 15.0 Å². The maximum atomic E-state index is 12.3. The average molecular weight is 301 g/mol. The molecule has 0 aliphatic carbocycles. The lowest BCUT2D eigenvalue weighted by atomic mass is 10.3. The molecule has 2 aromatic rings. The molecule has 1 saturated heterocycles. The summed E-state index contributed by atoms with van der Waals surface area (Å²) in [6.07, 6.45) is 8.13. The Kier molecular flexibility index (Phi) is 4.08. The summed E-state index contributed by atoms with van der Waals surface area (Å²) < 4.78 is 10.9. The van der Waals surface area contributed by atoms with Gasteiger partial charge in [0.2, 0.25) is 0 Å². The van der Waals surface area contributed by atoms with E-state index in [-0.39, 0.29) is 12.0 Å². The first-order chi connectivity index (χ1) is 10.8. The van der Waals surface area contributed by atoms with E-state index in [1.165, 1.54) is 38.1 Å². The van der Waals surface area contributed by atoms with Crippen molar-refractivity contribution in [3.8, 4) is 11.8 Å². The highest BCUT2D eigenvalue weighted by atomic mass is 16.5. The molecule has 8 heteroatoms. The van der Waals surface area contributed by atoms with Gasteiger partial charge in [0.05, 0.1) is 19.9 Å². The van der Waals surface area contributed by atoms with Gasteiger partial charge in [-0.3, -0.25) is 9.78 Å². The normalized spacial score (nSPS) is 17.3. The largest absolute Gasteiger partial charge is 0.477 e. The molecule has 22 heavy (non-hydrogen) atoms. The number of amides is 1. The SMILES string of the molecule is COc1nccnc1OC1CCN(C(=O)c2cnccn2)C1. The van der Waals surface area contributed by atoms with Crippen molar-refractivity contribution in [1.29, 1.82) is 0 Å². The molecule has 0 radical (unpaired) electrons. The van der Waals surface area contributed by atoms with Gasteiger partial charge in [0.15, 0.2) is 0 Å². The summed E-state index contributed by atoms with van der Waals surface area (Å²) in [5.74, 6) is 0.523. The summed E-state index contributed by atoms with van der Waals surface area (Å²) in [6.45, 7) is 1.07. The fourth-order valence-corrected chi connectivity index (χ4v) is 2.27. The summed E-state index contributed by atoms with van der Waals surface area (Å²) in [5, 5.41) is 0. The Morgan fingerprint density at radius 1 is 1.18 bits per heavy atom. The summed E-state index contributed by atoms with van der Waals surface area (Å²) in [6, 6.07) is 0. The first kappa shape index (κ1) is 14.2. The summed E-state index contributed by atoms with van der Waals surface area (Å²) in [5.41, 5.74) is 0.334. The minimum Gasteiger partial charge on any atom is -0.477 e. The van der Waals surface area contributed by atoms with Gasteiger partial charge in [0.1, 0.15) is 11.8 Å². The van der Waals surface area contributed by atoms with Crippen molar-refractivity contribution in [2.45, 2.75) is 12.5 Å². The maximum Gasteiger partial charge on any atom is 0.278 e. The van der Waals surface area contributed by atoms with Crippen molar-refractivity contribution in [1.82, 2.24) is 24.8 Å². The molecule has 114 valence electrons. The van der Waals surface area contributed by atoms with E-state index in [1.54, 1.807) is 4.90 Å². The molecule has 8 nitrogen and oxygen atoms in total. The van der Waals surface area contributed by atoms with Crippen LogP contribution in [0.3, 0.4) is 0 Å². The standard InChI is InChI=1S/C14H15N5O3/c1-21-12-13(18-6-5-17-12)22-10-2-7-19(9-10)14(20)11-8-15-3-4-16-11/h3-6,8,10H,2,7,9H2,1H3. The van der Waals surface area contributed by atoms with Crippen LogP contribution >= 0.6 is 0 Å². The molecule has 0 N–H and O–H groups in total. The van der Waals surface area contributed by atoms with Gasteiger partial charge in [0.25, 0.3) is 17.7 Å². The van der Waals surface area contributed by atoms with Gasteiger partial charge in [0, 0.05) is 37.8 Å². The molecule has 1 amide bonds. The molecule has 1 unspecified atom stereocenters. The van der Waals surface area contributed by atoms with Crippen molar-refractivity contribution in [2.75, 3.05) is 20.2 Å². The van der Waals surface area contributed by atoms with E-state index in [9.17, 15) is 4.79 Å². The molecular formula is C14H15N5O3. The van der Waals surface area contributed by atoms with Crippen molar-refractivity contribution in [2.24, 2.45) is 0 Å². The highest BCUT2D eigenvalue weighted by Gasteiger charge is 2.30. The number of rotatable bonds is 4. The third-order valence-electron chi connectivity index (χ3n) is 3.32. The van der Waals surface area contributed by atoms with Crippen LogP contribution in [-0.2, 0) is 0 Å².